The molecule has 8 N–H and O–H groups in total. The molecule has 6 aromatic rings. The van der Waals surface area contributed by atoms with Gasteiger partial charge in [0.15, 0.2) is 5.78 Å². The van der Waals surface area contributed by atoms with Crippen molar-refractivity contribution in [2.45, 2.75) is 26.7 Å². The molecule has 2 unspecified atom stereocenters. The third-order valence-corrected chi connectivity index (χ3v) is 10.3. The van der Waals surface area contributed by atoms with E-state index < -0.39 is 98.5 Å². The molecule has 70 heavy (non-hydrogen) atoms. The molecule has 0 aliphatic carbocycles. The van der Waals surface area contributed by atoms with Gasteiger partial charge in [0.25, 0.3) is 11.8 Å². The van der Waals surface area contributed by atoms with E-state index >= 15 is 0 Å². The molecule has 356 valence electrons. The Kier molecular flexibility index (Phi) is 15.8. The number of aromatic carboxylic acids is 2. The summed E-state index contributed by atoms with van der Waals surface area (Å²) in [5.41, 5.74) is -2.01. The Morgan fingerprint density at radius 2 is 0.671 bits per heavy atom. The lowest BCUT2D eigenvalue weighted by Crippen LogP contribution is -2.24. The molecular formula is C51H42N4O15. The van der Waals surface area contributed by atoms with Crippen LogP contribution in [0.15, 0.2) is 133 Å². The van der Waals surface area contributed by atoms with Crippen LogP contribution in [-0.2, 0) is 19.2 Å². The van der Waals surface area contributed by atoms with Gasteiger partial charge in [-0.2, -0.15) is 0 Å². The number of aliphatic carboxylic acids is 2. The largest absolute Gasteiger partial charge is 0.481 e. The molecule has 0 saturated heterocycles. The second kappa shape index (κ2) is 22.2. The predicted molar refractivity (Wildman–Crippen MR) is 252 cm³/mol. The minimum Gasteiger partial charge on any atom is -0.481 e. The Morgan fingerprint density at radius 1 is 0.400 bits per heavy atom. The summed E-state index contributed by atoms with van der Waals surface area (Å²) in [5, 5.41) is 48.7. The number of nitrogens with one attached hydrogen (secondary N) is 4. The van der Waals surface area contributed by atoms with Crippen LogP contribution in [0.4, 0.5) is 22.7 Å². The number of ketones is 1. The molecule has 19 heteroatoms. The first-order valence-corrected chi connectivity index (χ1v) is 21.1. The van der Waals surface area contributed by atoms with Gasteiger partial charge in [0, 0.05) is 46.7 Å². The number of carbonyl (C=O) groups excluding carboxylic acids is 5. The van der Waals surface area contributed by atoms with Crippen molar-refractivity contribution in [2.75, 3.05) is 21.3 Å². The highest BCUT2D eigenvalue weighted by atomic mass is 16.5. The van der Waals surface area contributed by atoms with Crippen LogP contribution in [0.2, 0.25) is 0 Å². The highest BCUT2D eigenvalue weighted by Crippen LogP contribution is 2.29. The summed E-state index contributed by atoms with van der Waals surface area (Å²) in [5.74, 6) is -9.66. The molecule has 0 aliphatic heterocycles. The number of carbonyl (C=O) groups is 9. The second-order valence-electron chi connectivity index (χ2n) is 15.6. The quantitative estimate of drug-likeness (QED) is 0.0333. The van der Waals surface area contributed by atoms with E-state index in [0.29, 0.717) is 34.4 Å². The number of hydrogen-bond acceptors (Lipinski definition) is 11. The summed E-state index contributed by atoms with van der Waals surface area (Å²) < 4.78 is 11.7. The second-order valence-corrected chi connectivity index (χ2v) is 15.6. The van der Waals surface area contributed by atoms with E-state index in [1.54, 1.807) is 48.5 Å². The lowest BCUT2D eigenvalue weighted by molar-refractivity contribution is -0.143. The first kappa shape index (κ1) is 49.8. The summed E-state index contributed by atoms with van der Waals surface area (Å²) in [6.07, 6.45) is -0.417. The summed E-state index contributed by atoms with van der Waals surface area (Å²) in [7, 11) is 0. The number of carboxylic acids is 4. The van der Waals surface area contributed by atoms with Gasteiger partial charge in [-0.05, 0) is 109 Å². The molecule has 0 saturated carbocycles. The summed E-state index contributed by atoms with van der Waals surface area (Å²) in [4.78, 5) is 114. The smallest absolute Gasteiger partial charge is 0.336 e. The van der Waals surface area contributed by atoms with Crippen LogP contribution in [0, 0.1) is 11.8 Å². The average molecular weight is 951 g/mol. The van der Waals surface area contributed by atoms with Crippen molar-refractivity contribution in [2.24, 2.45) is 11.8 Å². The summed E-state index contributed by atoms with van der Waals surface area (Å²) in [6, 6.07) is 31.3. The molecule has 0 spiro atoms. The maximum Gasteiger partial charge on any atom is 0.336 e. The number of anilines is 4. The normalized spacial score (nSPS) is 11.5. The molecule has 0 fully saturated rings. The van der Waals surface area contributed by atoms with Crippen molar-refractivity contribution in [3.8, 4) is 23.0 Å². The lowest BCUT2D eigenvalue weighted by atomic mass is 9.89. The summed E-state index contributed by atoms with van der Waals surface area (Å²) in [6.45, 7) is 2.84. The number of amides is 4. The van der Waals surface area contributed by atoms with E-state index in [1.807, 2.05) is 0 Å². The third-order valence-electron chi connectivity index (χ3n) is 10.3. The Morgan fingerprint density at radius 3 is 0.943 bits per heavy atom. The van der Waals surface area contributed by atoms with Gasteiger partial charge in [-0.1, -0.05) is 38.1 Å². The van der Waals surface area contributed by atoms with Gasteiger partial charge in [-0.15, -0.1) is 0 Å². The van der Waals surface area contributed by atoms with Crippen molar-refractivity contribution in [3.05, 3.63) is 167 Å². The van der Waals surface area contributed by atoms with Crippen molar-refractivity contribution in [1.29, 1.82) is 0 Å². The van der Waals surface area contributed by atoms with Crippen LogP contribution >= 0.6 is 0 Å². The molecule has 0 aromatic heterocycles. The lowest BCUT2D eigenvalue weighted by Gasteiger charge is -2.16. The van der Waals surface area contributed by atoms with Crippen LogP contribution in [0.3, 0.4) is 0 Å². The van der Waals surface area contributed by atoms with E-state index in [2.05, 4.69) is 21.3 Å². The summed E-state index contributed by atoms with van der Waals surface area (Å²) >= 11 is 0. The molecule has 0 radical (unpaired) electrons. The van der Waals surface area contributed by atoms with Crippen molar-refractivity contribution in [3.63, 3.8) is 0 Å². The molecular weight excluding hydrogens is 909 g/mol. The molecule has 2 atom stereocenters. The van der Waals surface area contributed by atoms with Crippen LogP contribution in [0.1, 0.15) is 84.0 Å². The Balaban J connectivity index is 1.15. The monoisotopic (exact) mass is 950 g/mol. The zero-order chi connectivity index (χ0) is 50.6. The highest BCUT2D eigenvalue weighted by molar-refractivity contribution is 6.25. The topological polar surface area (TPSA) is 301 Å². The number of benzene rings is 6. The minimum absolute atomic E-state index is 0.165. The fourth-order valence-corrected chi connectivity index (χ4v) is 6.71. The van der Waals surface area contributed by atoms with E-state index in [1.165, 1.54) is 86.6 Å². The molecule has 19 nitrogen and oxygen atoms in total. The van der Waals surface area contributed by atoms with E-state index in [9.17, 15) is 53.4 Å². The van der Waals surface area contributed by atoms with Gasteiger partial charge in [0.1, 0.15) is 23.0 Å². The number of ether oxygens (including phenoxy) is 2. The number of carboxylic acid groups (broad SMARTS) is 4. The first-order chi connectivity index (χ1) is 33.4. The van der Waals surface area contributed by atoms with Gasteiger partial charge in [-0.25, -0.2) is 9.59 Å². The zero-order valence-corrected chi connectivity index (χ0v) is 37.1. The maximum atomic E-state index is 14.4. The van der Waals surface area contributed by atoms with Crippen molar-refractivity contribution in [1.82, 2.24) is 0 Å². The molecule has 0 heterocycles. The van der Waals surface area contributed by atoms with Gasteiger partial charge in [0.2, 0.25) is 11.8 Å². The van der Waals surface area contributed by atoms with Crippen LogP contribution < -0.4 is 30.7 Å². The standard InChI is InChI=1S/C51H42N4O15/c1-27(48(61)62)25-41(56)52-29-9-17-33(18-10-29)69-35-21-13-31(14-22-35)54-46(59)43-37(5-3-7-39(43)50(65)66)45(58)38-6-4-8-40(51(67)68)44(38)47(60)55-32-15-23-36(24-16-32)70-34-19-11-30(12-20-34)53-42(57)26-28(2)49(63)64/h3-24,27-28H,25-26H2,1-2H3,(H,52,56)(H,53,57)(H,54,59)(H,55,60)(H,61,62)(H,63,64)(H,65,66)(H,67,68). The minimum atomic E-state index is -1.56. The fourth-order valence-electron chi connectivity index (χ4n) is 6.71. The van der Waals surface area contributed by atoms with E-state index in [-0.39, 0.29) is 24.2 Å². The molecule has 0 bridgehead atoms. The van der Waals surface area contributed by atoms with Gasteiger partial charge < -0.3 is 51.2 Å². The third kappa shape index (κ3) is 12.8. The Hall–Kier alpha value is -9.65. The predicted octanol–water partition coefficient (Wildman–Crippen LogP) is 8.50. The number of hydrogen-bond donors (Lipinski definition) is 8. The molecule has 4 amide bonds. The van der Waals surface area contributed by atoms with Gasteiger partial charge in [-0.3, -0.25) is 33.6 Å². The van der Waals surface area contributed by atoms with Crippen molar-refractivity contribution >= 4 is 76.0 Å². The van der Waals surface area contributed by atoms with Gasteiger partial charge >= 0.3 is 23.9 Å². The average Bonchev–Trinajstić information content (AvgIpc) is 3.33. The highest BCUT2D eigenvalue weighted by Gasteiger charge is 2.30. The van der Waals surface area contributed by atoms with Crippen LogP contribution in [0.25, 0.3) is 0 Å². The Labute approximate surface area is 397 Å². The SMILES string of the molecule is CC(CC(=O)Nc1ccc(Oc2ccc(NC(=O)c3c(C(=O)O)cccc3C(=O)c3cccc(C(=O)O)c3C(=O)Nc3ccc(Oc4ccc(NC(=O)CC(C)C(=O)O)cc4)cc3)cc2)cc1)C(=O)O. The van der Waals surface area contributed by atoms with E-state index in [0.717, 1.165) is 12.1 Å². The van der Waals surface area contributed by atoms with E-state index in [4.69, 9.17) is 19.7 Å². The molecule has 6 aromatic carbocycles. The van der Waals surface area contributed by atoms with Crippen molar-refractivity contribution < 1.29 is 73.1 Å². The zero-order valence-electron chi connectivity index (χ0n) is 37.1. The van der Waals surface area contributed by atoms with Crippen LogP contribution in [0.5, 0.6) is 23.0 Å². The molecule has 0 aliphatic rings. The number of rotatable bonds is 20. The first-order valence-electron chi connectivity index (χ1n) is 21.1. The van der Waals surface area contributed by atoms with Gasteiger partial charge in [0.05, 0.1) is 34.1 Å². The fraction of sp³-hybridized carbons (Fsp3) is 0.118. The van der Waals surface area contributed by atoms with Crippen LogP contribution in [-0.4, -0.2) is 73.7 Å². The maximum absolute atomic E-state index is 14.4. The Bertz CT molecular complexity index is 2800. The molecule has 6 rings (SSSR count).